The molecule has 0 aromatic heterocycles. The molecular weight excluding hydrogens is 244 g/mol. The van der Waals surface area contributed by atoms with Crippen LogP contribution in [0, 0.1) is 5.92 Å². The highest BCUT2D eigenvalue weighted by molar-refractivity contribution is 7.80. The average Bonchev–Trinajstić information content (AvgIpc) is 2.38. The number of hydrogen-bond donors (Lipinski definition) is 1. The summed E-state index contributed by atoms with van der Waals surface area (Å²) in [5.74, 6) is -1.37. The molecule has 0 heterocycles. The van der Waals surface area contributed by atoms with Crippen molar-refractivity contribution in [1.29, 1.82) is 0 Å². The second-order valence-electron chi connectivity index (χ2n) is 4.26. The highest BCUT2D eigenvalue weighted by Crippen LogP contribution is 2.23. The molecule has 2 rings (SSSR count). The predicted molar refractivity (Wildman–Crippen MR) is 75.7 cm³/mol. The van der Waals surface area contributed by atoms with E-state index in [0.717, 1.165) is 16.0 Å². The third-order valence-electron chi connectivity index (χ3n) is 2.99. The average molecular weight is 258 g/mol. The first kappa shape index (κ1) is 12.7. The summed E-state index contributed by atoms with van der Waals surface area (Å²) in [5, 5.41) is 9.38. The van der Waals surface area contributed by atoms with Gasteiger partial charge in [-0.15, -0.1) is 0 Å². The lowest BCUT2D eigenvalue weighted by atomic mass is 9.87. The van der Waals surface area contributed by atoms with E-state index in [4.69, 9.17) is 12.2 Å². The fourth-order valence-corrected chi connectivity index (χ4v) is 2.35. The van der Waals surface area contributed by atoms with E-state index in [9.17, 15) is 9.90 Å². The van der Waals surface area contributed by atoms with Crippen molar-refractivity contribution < 1.29 is 9.90 Å². The molecule has 0 radical (unpaired) electrons. The Hall–Kier alpha value is -1.74. The number of aliphatic carboxylic acids is 1. The molecule has 1 atom stereocenters. The fraction of sp³-hybridized carbons (Fsp3) is 0.200. The molecule has 92 valence electrons. The van der Waals surface area contributed by atoms with Crippen LogP contribution in [0.2, 0.25) is 0 Å². The SMILES string of the molecule is O=C(O)C(Cc1ccccc1)C1=CC=CCC1=S. The fourth-order valence-electron chi connectivity index (χ4n) is 2.05. The van der Waals surface area contributed by atoms with Crippen LogP contribution in [0.15, 0.2) is 54.1 Å². The molecule has 1 aromatic carbocycles. The van der Waals surface area contributed by atoms with E-state index < -0.39 is 11.9 Å². The Kier molecular flexibility index (Phi) is 4.05. The second kappa shape index (κ2) is 5.74. The van der Waals surface area contributed by atoms with Crippen molar-refractivity contribution in [2.45, 2.75) is 12.8 Å². The van der Waals surface area contributed by atoms with Gasteiger partial charge in [-0.25, -0.2) is 0 Å². The molecule has 1 unspecified atom stereocenters. The molecular formula is C15H14O2S. The van der Waals surface area contributed by atoms with Gasteiger partial charge in [-0.1, -0.05) is 60.8 Å². The number of allylic oxidation sites excluding steroid dienone is 3. The van der Waals surface area contributed by atoms with Crippen molar-refractivity contribution in [2.75, 3.05) is 0 Å². The minimum Gasteiger partial charge on any atom is -0.481 e. The molecule has 0 fully saturated rings. The van der Waals surface area contributed by atoms with Crippen LogP contribution in [0.3, 0.4) is 0 Å². The Balaban J connectivity index is 2.24. The summed E-state index contributed by atoms with van der Waals surface area (Å²) in [4.78, 5) is 12.2. The number of hydrogen-bond acceptors (Lipinski definition) is 2. The molecule has 0 amide bonds. The molecule has 0 aliphatic heterocycles. The van der Waals surface area contributed by atoms with Crippen LogP contribution in [-0.4, -0.2) is 15.9 Å². The van der Waals surface area contributed by atoms with Crippen molar-refractivity contribution in [3.8, 4) is 0 Å². The largest absolute Gasteiger partial charge is 0.481 e. The molecule has 1 aliphatic carbocycles. The normalized spacial score (nSPS) is 16.2. The molecule has 0 saturated heterocycles. The summed E-state index contributed by atoms with van der Waals surface area (Å²) in [6.45, 7) is 0. The smallest absolute Gasteiger partial charge is 0.311 e. The van der Waals surface area contributed by atoms with Gasteiger partial charge in [0, 0.05) is 11.3 Å². The monoisotopic (exact) mass is 258 g/mol. The zero-order valence-corrected chi connectivity index (χ0v) is 10.7. The van der Waals surface area contributed by atoms with E-state index in [1.807, 2.05) is 48.6 Å². The summed E-state index contributed by atoms with van der Waals surface area (Å²) in [6.07, 6.45) is 6.81. The van der Waals surface area contributed by atoms with Gasteiger partial charge in [0.1, 0.15) is 0 Å². The number of thiocarbonyl (C=S) groups is 1. The van der Waals surface area contributed by atoms with Gasteiger partial charge in [0.15, 0.2) is 0 Å². The molecule has 1 N–H and O–H groups in total. The summed E-state index contributed by atoms with van der Waals surface area (Å²) in [5.41, 5.74) is 1.78. The van der Waals surface area contributed by atoms with Gasteiger partial charge in [-0.05, 0) is 17.6 Å². The highest BCUT2D eigenvalue weighted by atomic mass is 32.1. The molecule has 2 nitrogen and oxygen atoms in total. The van der Waals surface area contributed by atoms with Crippen LogP contribution < -0.4 is 0 Å². The van der Waals surface area contributed by atoms with Gasteiger partial charge in [0.05, 0.1) is 5.92 Å². The van der Waals surface area contributed by atoms with E-state index in [1.165, 1.54) is 0 Å². The molecule has 0 saturated carbocycles. The number of carboxylic acids is 1. The first-order chi connectivity index (χ1) is 8.68. The Morgan fingerprint density at radius 2 is 2.06 bits per heavy atom. The quantitative estimate of drug-likeness (QED) is 0.843. The number of carbonyl (C=O) groups is 1. The van der Waals surface area contributed by atoms with Gasteiger partial charge < -0.3 is 5.11 Å². The number of carboxylic acid groups (broad SMARTS) is 1. The van der Waals surface area contributed by atoms with E-state index in [1.54, 1.807) is 0 Å². The second-order valence-corrected chi connectivity index (χ2v) is 4.75. The standard InChI is InChI=1S/C15H14O2S/c16-15(17)13(10-11-6-2-1-3-7-11)12-8-4-5-9-14(12)18/h1-8,13H,9-10H2,(H,16,17). The summed E-state index contributed by atoms with van der Waals surface area (Å²) in [6, 6.07) is 9.65. The Bertz CT molecular complexity index is 515. The minimum atomic E-state index is -0.817. The maximum absolute atomic E-state index is 11.4. The zero-order chi connectivity index (χ0) is 13.0. The van der Waals surface area contributed by atoms with Crippen molar-refractivity contribution in [3.05, 3.63) is 59.7 Å². The van der Waals surface area contributed by atoms with Crippen molar-refractivity contribution in [1.82, 2.24) is 0 Å². The first-order valence-corrected chi connectivity index (χ1v) is 6.26. The van der Waals surface area contributed by atoms with E-state index in [2.05, 4.69) is 0 Å². The topological polar surface area (TPSA) is 37.3 Å². The summed E-state index contributed by atoms with van der Waals surface area (Å²) in [7, 11) is 0. The van der Waals surface area contributed by atoms with Crippen LogP contribution in [0.4, 0.5) is 0 Å². The Labute approximate surface area is 112 Å². The van der Waals surface area contributed by atoms with E-state index >= 15 is 0 Å². The highest BCUT2D eigenvalue weighted by Gasteiger charge is 2.25. The lowest BCUT2D eigenvalue weighted by Crippen LogP contribution is -2.23. The van der Waals surface area contributed by atoms with Gasteiger partial charge in [0.25, 0.3) is 0 Å². The van der Waals surface area contributed by atoms with Gasteiger partial charge >= 0.3 is 5.97 Å². The Morgan fingerprint density at radius 1 is 1.33 bits per heavy atom. The zero-order valence-electron chi connectivity index (χ0n) is 9.87. The molecule has 0 spiro atoms. The van der Waals surface area contributed by atoms with Crippen LogP contribution in [0.5, 0.6) is 0 Å². The maximum Gasteiger partial charge on any atom is 0.311 e. The van der Waals surface area contributed by atoms with Crippen LogP contribution in [0.25, 0.3) is 0 Å². The van der Waals surface area contributed by atoms with Gasteiger partial charge in [0.2, 0.25) is 0 Å². The van der Waals surface area contributed by atoms with Crippen LogP contribution in [-0.2, 0) is 11.2 Å². The van der Waals surface area contributed by atoms with Crippen LogP contribution in [0.1, 0.15) is 12.0 Å². The molecule has 1 aromatic rings. The maximum atomic E-state index is 11.4. The predicted octanol–water partition coefficient (Wildman–Crippen LogP) is 3.19. The Morgan fingerprint density at radius 3 is 2.67 bits per heavy atom. The lowest BCUT2D eigenvalue weighted by molar-refractivity contribution is -0.140. The van der Waals surface area contributed by atoms with Crippen LogP contribution >= 0.6 is 12.2 Å². The molecule has 3 heteroatoms. The van der Waals surface area contributed by atoms with Gasteiger partial charge in [-0.2, -0.15) is 0 Å². The summed E-state index contributed by atoms with van der Waals surface area (Å²) < 4.78 is 0. The van der Waals surface area contributed by atoms with Crippen molar-refractivity contribution in [3.63, 3.8) is 0 Å². The third-order valence-corrected chi connectivity index (χ3v) is 3.40. The minimum absolute atomic E-state index is 0.482. The van der Waals surface area contributed by atoms with E-state index in [0.29, 0.717) is 12.8 Å². The molecule has 18 heavy (non-hydrogen) atoms. The first-order valence-electron chi connectivity index (χ1n) is 5.85. The number of benzene rings is 1. The lowest BCUT2D eigenvalue weighted by Gasteiger charge is -2.18. The van der Waals surface area contributed by atoms with Crippen molar-refractivity contribution in [2.24, 2.45) is 5.92 Å². The molecule has 0 bridgehead atoms. The third kappa shape index (κ3) is 2.93. The van der Waals surface area contributed by atoms with Crippen molar-refractivity contribution >= 4 is 23.1 Å². The van der Waals surface area contributed by atoms with E-state index in [-0.39, 0.29) is 0 Å². The van der Waals surface area contributed by atoms with Gasteiger partial charge in [-0.3, -0.25) is 4.79 Å². The molecule has 1 aliphatic rings. The summed E-state index contributed by atoms with van der Waals surface area (Å²) >= 11 is 5.26. The number of rotatable bonds is 4.